The molecule has 0 aromatic heterocycles. The number of hydrogen-bond donors (Lipinski definition) is 1. The average Bonchev–Trinajstić information content (AvgIpc) is 3.35. The maximum absolute atomic E-state index is 13.1. The van der Waals surface area contributed by atoms with E-state index in [1.165, 1.54) is 30.3 Å². The summed E-state index contributed by atoms with van der Waals surface area (Å²) in [6.45, 7) is 2.02. The molecular formula is C22H23ClFN3O5S. The summed E-state index contributed by atoms with van der Waals surface area (Å²) in [6, 6.07) is 8.86. The molecule has 2 aliphatic heterocycles. The van der Waals surface area contributed by atoms with Gasteiger partial charge in [-0.25, -0.2) is 12.8 Å². The first-order chi connectivity index (χ1) is 15.7. The second-order valence-corrected chi connectivity index (χ2v) is 9.93. The minimum atomic E-state index is -4.12. The molecule has 0 saturated carbocycles. The van der Waals surface area contributed by atoms with Gasteiger partial charge in [-0.3, -0.25) is 14.3 Å². The summed E-state index contributed by atoms with van der Waals surface area (Å²) in [4.78, 5) is 28.5. The lowest BCUT2D eigenvalue weighted by Gasteiger charge is -2.35. The lowest BCUT2D eigenvalue weighted by Crippen LogP contribution is -2.52. The number of nitrogens with zero attached hydrogens (tertiary/aromatic N) is 2. The molecule has 2 fully saturated rings. The molecule has 176 valence electrons. The predicted octanol–water partition coefficient (Wildman–Crippen LogP) is 2.74. The number of ether oxygens (including phenoxy) is 1. The topological polar surface area (TPSA) is 96.0 Å². The van der Waals surface area contributed by atoms with Crippen LogP contribution in [-0.4, -0.2) is 68.9 Å². The quantitative estimate of drug-likeness (QED) is 0.688. The lowest BCUT2D eigenvalue weighted by atomic mass is 10.1. The molecule has 0 spiro atoms. The molecule has 2 saturated heterocycles. The number of carbonyl (C=O) groups is 2. The summed E-state index contributed by atoms with van der Waals surface area (Å²) in [6.07, 6.45) is 1.18. The monoisotopic (exact) mass is 495 g/mol. The van der Waals surface area contributed by atoms with Crippen molar-refractivity contribution < 1.29 is 27.1 Å². The van der Waals surface area contributed by atoms with Gasteiger partial charge in [-0.1, -0.05) is 11.6 Å². The molecule has 0 radical (unpaired) electrons. The number of amides is 2. The first-order valence-electron chi connectivity index (χ1n) is 10.5. The van der Waals surface area contributed by atoms with Crippen LogP contribution in [-0.2, 0) is 19.6 Å². The van der Waals surface area contributed by atoms with E-state index in [0.29, 0.717) is 39.2 Å². The maximum atomic E-state index is 13.1. The van der Waals surface area contributed by atoms with Crippen LogP contribution in [0.5, 0.6) is 0 Å². The van der Waals surface area contributed by atoms with E-state index in [1.807, 2.05) is 0 Å². The van der Waals surface area contributed by atoms with Gasteiger partial charge < -0.3 is 14.5 Å². The molecule has 2 aromatic rings. The van der Waals surface area contributed by atoms with E-state index in [9.17, 15) is 22.4 Å². The SMILES string of the molecule is O=C(c1ccc(Cl)c(S(=O)(=O)Nc2ccc(F)cc2)c1)N1CCN(C(=O)C2CCCO2)CC1. The molecule has 1 N–H and O–H groups in total. The number of benzene rings is 2. The average molecular weight is 496 g/mol. The van der Waals surface area contributed by atoms with Crippen molar-refractivity contribution in [2.75, 3.05) is 37.5 Å². The molecule has 4 rings (SSSR count). The van der Waals surface area contributed by atoms with E-state index in [-0.39, 0.29) is 33.0 Å². The Balaban J connectivity index is 1.45. The van der Waals surface area contributed by atoms with Gasteiger partial charge in [0.25, 0.3) is 21.8 Å². The van der Waals surface area contributed by atoms with E-state index in [2.05, 4.69) is 4.72 Å². The van der Waals surface area contributed by atoms with Gasteiger partial charge in [0.15, 0.2) is 0 Å². The van der Waals surface area contributed by atoms with Gasteiger partial charge in [-0.05, 0) is 55.3 Å². The van der Waals surface area contributed by atoms with Crippen molar-refractivity contribution in [3.8, 4) is 0 Å². The normalized spacial score (nSPS) is 18.9. The summed E-state index contributed by atoms with van der Waals surface area (Å²) in [7, 11) is -4.12. The fourth-order valence-corrected chi connectivity index (χ4v) is 5.44. The number of sulfonamides is 1. The molecule has 0 bridgehead atoms. The molecule has 2 amide bonds. The summed E-state index contributed by atoms with van der Waals surface area (Å²) >= 11 is 6.12. The number of nitrogens with one attached hydrogen (secondary N) is 1. The molecule has 2 aliphatic rings. The first-order valence-corrected chi connectivity index (χ1v) is 12.4. The van der Waals surface area contributed by atoms with Crippen molar-refractivity contribution >= 4 is 39.1 Å². The Morgan fingerprint density at radius 2 is 1.70 bits per heavy atom. The first kappa shape index (κ1) is 23.5. The summed E-state index contributed by atoms with van der Waals surface area (Å²) in [5.41, 5.74) is 0.328. The number of halogens is 2. The number of rotatable bonds is 5. The third-order valence-electron chi connectivity index (χ3n) is 5.65. The van der Waals surface area contributed by atoms with Crippen molar-refractivity contribution in [2.24, 2.45) is 0 Å². The van der Waals surface area contributed by atoms with Gasteiger partial charge in [0.05, 0.1) is 5.02 Å². The zero-order valence-electron chi connectivity index (χ0n) is 17.7. The standard InChI is InChI=1S/C22H23ClFN3O5S/c23-18-8-3-15(14-20(18)33(30,31)25-17-6-4-16(24)5-7-17)21(28)26-9-11-27(12-10-26)22(29)19-2-1-13-32-19/h3-8,14,19,25H,1-2,9-13H2. The Kier molecular flexibility index (Phi) is 6.87. The zero-order valence-corrected chi connectivity index (χ0v) is 19.2. The van der Waals surface area contributed by atoms with E-state index in [1.54, 1.807) is 9.80 Å². The fraction of sp³-hybridized carbons (Fsp3) is 0.364. The molecule has 2 aromatic carbocycles. The van der Waals surface area contributed by atoms with Gasteiger partial charge in [0.2, 0.25) is 0 Å². The summed E-state index contributed by atoms with van der Waals surface area (Å²) < 4.78 is 46.6. The second-order valence-electron chi connectivity index (χ2n) is 7.88. The van der Waals surface area contributed by atoms with Crippen molar-refractivity contribution in [1.29, 1.82) is 0 Å². The number of hydrogen-bond acceptors (Lipinski definition) is 5. The van der Waals surface area contributed by atoms with Crippen LogP contribution in [0.2, 0.25) is 5.02 Å². The Morgan fingerprint density at radius 3 is 2.33 bits per heavy atom. The van der Waals surface area contributed by atoms with Crippen LogP contribution in [0.4, 0.5) is 10.1 Å². The highest BCUT2D eigenvalue weighted by Crippen LogP contribution is 2.26. The van der Waals surface area contributed by atoms with Crippen molar-refractivity contribution in [3.63, 3.8) is 0 Å². The van der Waals surface area contributed by atoms with E-state index >= 15 is 0 Å². The predicted molar refractivity (Wildman–Crippen MR) is 120 cm³/mol. The van der Waals surface area contributed by atoms with Crippen LogP contribution in [0.25, 0.3) is 0 Å². The molecular weight excluding hydrogens is 473 g/mol. The molecule has 2 heterocycles. The van der Waals surface area contributed by atoms with Crippen molar-refractivity contribution in [1.82, 2.24) is 9.80 Å². The highest BCUT2D eigenvalue weighted by molar-refractivity contribution is 7.92. The van der Waals surface area contributed by atoms with Crippen molar-refractivity contribution in [2.45, 2.75) is 23.8 Å². The highest BCUT2D eigenvalue weighted by atomic mass is 35.5. The molecule has 33 heavy (non-hydrogen) atoms. The molecule has 1 atom stereocenters. The molecule has 1 unspecified atom stereocenters. The van der Waals surface area contributed by atoms with Crippen LogP contribution < -0.4 is 4.72 Å². The Labute approximate surface area is 196 Å². The van der Waals surface area contributed by atoms with Crippen LogP contribution in [0.3, 0.4) is 0 Å². The largest absolute Gasteiger partial charge is 0.368 e. The van der Waals surface area contributed by atoms with Gasteiger partial charge in [-0.15, -0.1) is 0 Å². The molecule has 0 aliphatic carbocycles. The van der Waals surface area contributed by atoms with E-state index in [0.717, 1.165) is 18.6 Å². The third kappa shape index (κ3) is 5.29. The minimum Gasteiger partial charge on any atom is -0.368 e. The molecule has 8 nitrogen and oxygen atoms in total. The van der Waals surface area contributed by atoms with Gasteiger partial charge >= 0.3 is 0 Å². The van der Waals surface area contributed by atoms with Crippen LogP contribution in [0.1, 0.15) is 23.2 Å². The van der Waals surface area contributed by atoms with Crippen molar-refractivity contribution in [3.05, 3.63) is 58.9 Å². The van der Waals surface area contributed by atoms with E-state index < -0.39 is 21.9 Å². The minimum absolute atomic E-state index is 0.0480. The van der Waals surface area contributed by atoms with Gasteiger partial charge in [0.1, 0.15) is 16.8 Å². The van der Waals surface area contributed by atoms with Crippen LogP contribution in [0.15, 0.2) is 47.4 Å². The Hall–Kier alpha value is -2.69. The smallest absolute Gasteiger partial charge is 0.263 e. The van der Waals surface area contributed by atoms with Crippen LogP contribution in [0, 0.1) is 5.82 Å². The van der Waals surface area contributed by atoms with Gasteiger partial charge in [-0.2, -0.15) is 0 Å². The molecule has 11 heteroatoms. The number of anilines is 1. The van der Waals surface area contributed by atoms with E-state index in [4.69, 9.17) is 16.3 Å². The maximum Gasteiger partial charge on any atom is 0.263 e. The summed E-state index contributed by atoms with van der Waals surface area (Å²) in [5, 5.41) is -0.0480. The highest BCUT2D eigenvalue weighted by Gasteiger charge is 2.32. The number of carbonyl (C=O) groups excluding carboxylic acids is 2. The van der Waals surface area contributed by atoms with Crippen LogP contribution >= 0.6 is 11.6 Å². The number of piperazine rings is 1. The summed E-state index contributed by atoms with van der Waals surface area (Å²) in [5.74, 6) is -0.901. The Morgan fingerprint density at radius 1 is 1.03 bits per heavy atom. The second kappa shape index (κ2) is 9.66. The Bertz CT molecular complexity index is 1150. The fourth-order valence-electron chi connectivity index (χ4n) is 3.86. The zero-order chi connectivity index (χ0) is 23.6. The van der Waals surface area contributed by atoms with Gasteiger partial charge in [0, 0.05) is 44.0 Å². The third-order valence-corrected chi connectivity index (χ3v) is 7.51. The lowest BCUT2D eigenvalue weighted by molar-refractivity contribution is -0.142.